The van der Waals surface area contributed by atoms with Crippen LogP contribution in [-0.4, -0.2) is 32.3 Å². The molecule has 0 spiro atoms. The molecule has 1 unspecified atom stereocenters. The molecule has 1 aliphatic heterocycles. The number of benzene rings is 2. The highest BCUT2D eigenvalue weighted by Gasteiger charge is 2.37. The van der Waals surface area contributed by atoms with Gasteiger partial charge in [0.1, 0.15) is 12.4 Å². The van der Waals surface area contributed by atoms with E-state index in [0.717, 1.165) is 0 Å². The second-order valence-electron chi connectivity index (χ2n) is 5.99. The molecular weight excluding hydrogens is 339 g/mol. The second-order valence-corrected chi connectivity index (χ2v) is 5.99. The van der Waals surface area contributed by atoms with E-state index in [0.29, 0.717) is 24.5 Å². The molecule has 2 amide bonds. The number of rotatable bonds is 5. The molecular formula is C19H19FN2O4. The van der Waals surface area contributed by atoms with Crippen LogP contribution in [0.4, 0.5) is 20.6 Å². The fraction of sp³-hybridized carbons (Fsp3) is 0.263. The zero-order chi connectivity index (χ0) is 18.7. The van der Waals surface area contributed by atoms with Crippen LogP contribution in [0.3, 0.4) is 0 Å². The quantitative estimate of drug-likeness (QED) is 0.891. The van der Waals surface area contributed by atoms with E-state index < -0.39 is 23.4 Å². The van der Waals surface area contributed by atoms with Crippen LogP contribution in [0.15, 0.2) is 48.5 Å². The summed E-state index contributed by atoms with van der Waals surface area (Å²) < 4.78 is 24.4. The van der Waals surface area contributed by atoms with Crippen molar-refractivity contribution in [2.24, 2.45) is 0 Å². The number of amides is 2. The van der Waals surface area contributed by atoms with E-state index in [-0.39, 0.29) is 5.56 Å². The highest BCUT2D eigenvalue weighted by atomic mass is 19.1. The van der Waals surface area contributed by atoms with Gasteiger partial charge in [0.2, 0.25) is 0 Å². The zero-order valence-electron chi connectivity index (χ0n) is 14.5. The fourth-order valence-corrected chi connectivity index (χ4v) is 2.80. The molecule has 1 saturated heterocycles. The van der Waals surface area contributed by atoms with Crippen molar-refractivity contribution in [2.75, 3.05) is 30.5 Å². The Balaban J connectivity index is 1.85. The van der Waals surface area contributed by atoms with Crippen LogP contribution >= 0.6 is 0 Å². The van der Waals surface area contributed by atoms with Crippen LogP contribution in [0.1, 0.15) is 12.5 Å². The standard InChI is InChI=1S/C19H19FN2O4/c1-19(25-2,15-8-3-4-9-16(15)20)17(23)21-13-6-5-7-14(12-13)22-10-11-26-18(22)24/h3-9,12H,10-11H2,1-2H3,(H,21,23). The fourth-order valence-electron chi connectivity index (χ4n) is 2.80. The first kappa shape index (κ1) is 17.9. The van der Waals surface area contributed by atoms with Gasteiger partial charge in [0.05, 0.1) is 6.54 Å². The normalized spacial score (nSPS) is 16.1. The van der Waals surface area contributed by atoms with Crippen LogP contribution in [0.5, 0.6) is 0 Å². The predicted molar refractivity (Wildman–Crippen MR) is 94.5 cm³/mol. The first-order valence-electron chi connectivity index (χ1n) is 8.11. The lowest BCUT2D eigenvalue weighted by atomic mass is 9.94. The molecule has 0 bridgehead atoms. The van der Waals surface area contributed by atoms with Gasteiger partial charge in [-0.25, -0.2) is 9.18 Å². The SMILES string of the molecule is COC(C)(C(=O)Nc1cccc(N2CCOC2=O)c1)c1ccccc1F. The van der Waals surface area contributed by atoms with Gasteiger partial charge in [0, 0.05) is 24.0 Å². The molecule has 7 heteroatoms. The molecule has 136 valence electrons. The average Bonchev–Trinajstić information content (AvgIpc) is 3.07. The molecule has 26 heavy (non-hydrogen) atoms. The molecule has 3 rings (SSSR count). The van der Waals surface area contributed by atoms with Gasteiger partial charge in [0.15, 0.2) is 5.60 Å². The molecule has 1 fully saturated rings. The Labute approximate surface area is 150 Å². The number of anilines is 2. The Kier molecular flexibility index (Phi) is 4.90. The summed E-state index contributed by atoms with van der Waals surface area (Å²) in [4.78, 5) is 26.0. The van der Waals surface area contributed by atoms with Gasteiger partial charge < -0.3 is 14.8 Å². The van der Waals surface area contributed by atoms with E-state index in [4.69, 9.17) is 9.47 Å². The van der Waals surface area contributed by atoms with Crippen molar-refractivity contribution in [1.29, 1.82) is 0 Å². The molecule has 0 saturated carbocycles. The summed E-state index contributed by atoms with van der Waals surface area (Å²) in [6, 6.07) is 12.8. The maximum absolute atomic E-state index is 14.2. The third kappa shape index (κ3) is 3.25. The molecule has 1 heterocycles. The van der Waals surface area contributed by atoms with Crippen molar-refractivity contribution in [3.63, 3.8) is 0 Å². The van der Waals surface area contributed by atoms with E-state index in [1.54, 1.807) is 36.4 Å². The van der Waals surface area contributed by atoms with E-state index in [1.807, 2.05) is 0 Å². The lowest BCUT2D eigenvalue weighted by Gasteiger charge is -2.28. The van der Waals surface area contributed by atoms with Gasteiger partial charge in [-0.2, -0.15) is 0 Å². The Morgan fingerprint density at radius 3 is 2.69 bits per heavy atom. The van der Waals surface area contributed by atoms with Crippen LogP contribution in [0, 0.1) is 5.82 Å². The van der Waals surface area contributed by atoms with E-state index in [1.165, 1.54) is 31.1 Å². The maximum atomic E-state index is 14.2. The largest absolute Gasteiger partial charge is 0.447 e. The zero-order valence-corrected chi connectivity index (χ0v) is 14.5. The first-order valence-corrected chi connectivity index (χ1v) is 8.11. The number of carbonyl (C=O) groups is 2. The average molecular weight is 358 g/mol. The number of nitrogens with zero attached hydrogens (tertiary/aromatic N) is 1. The molecule has 1 atom stereocenters. The number of halogens is 1. The Morgan fingerprint density at radius 2 is 2.04 bits per heavy atom. The second kappa shape index (κ2) is 7.13. The van der Waals surface area contributed by atoms with Crippen molar-refractivity contribution in [2.45, 2.75) is 12.5 Å². The number of nitrogens with one attached hydrogen (secondary N) is 1. The van der Waals surface area contributed by atoms with Gasteiger partial charge >= 0.3 is 6.09 Å². The highest BCUT2D eigenvalue weighted by Crippen LogP contribution is 2.29. The number of carbonyl (C=O) groups excluding carboxylic acids is 2. The van der Waals surface area contributed by atoms with Crippen LogP contribution in [0.25, 0.3) is 0 Å². The molecule has 1 aliphatic rings. The van der Waals surface area contributed by atoms with E-state index in [9.17, 15) is 14.0 Å². The van der Waals surface area contributed by atoms with Gasteiger partial charge in [0.25, 0.3) is 5.91 Å². The van der Waals surface area contributed by atoms with Crippen molar-refractivity contribution in [3.05, 3.63) is 59.9 Å². The van der Waals surface area contributed by atoms with Gasteiger partial charge in [-0.3, -0.25) is 9.69 Å². The third-order valence-corrected chi connectivity index (χ3v) is 4.41. The van der Waals surface area contributed by atoms with Gasteiger partial charge in [-0.15, -0.1) is 0 Å². The minimum atomic E-state index is -1.51. The summed E-state index contributed by atoms with van der Waals surface area (Å²) in [6.45, 7) is 2.27. The Hall–Kier alpha value is -2.93. The summed E-state index contributed by atoms with van der Waals surface area (Å²) in [5, 5.41) is 2.73. The minimum absolute atomic E-state index is 0.138. The van der Waals surface area contributed by atoms with Crippen LogP contribution in [0.2, 0.25) is 0 Å². The minimum Gasteiger partial charge on any atom is -0.447 e. The summed E-state index contributed by atoms with van der Waals surface area (Å²) in [5.74, 6) is -1.05. The summed E-state index contributed by atoms with van der Waals surface area (Å²) in [6.07, 6.45) is -0.429. The Morgan fingerprint density at radius 1 is 1.27 bits per heavy atom. The highest BCUT2D eigenvalue weighted by molar-refractivity contribution is 5.98. The monoisotopic (exact) mass is 358 g/mol. The molecule has 0 aliphatic carbocycles. The molecule has 2 aromatic rings. The van der Waals surface area contributed by atoms with Crippen molar-refractivity contribution >= 4 is 23.4 Å². The first-order chi connectivity index (χ1) is 12.5. The smallest absolute Gasteiger partial charge is 0.414 e. The molecule has 0 aromatic heterocycles. The van der Waals surface area contributed by atoms with Crippen molar-refractivity contribution in [3.8, 4) is 0 Å². The van der Waals surface area contributed by atoms with E-state index >= 15 is 0 Å². The number of methoxy groups -OCH3 is 1. The van der Waals surface area contributed by atoms with E-state index in [2.05, 4.69) is 5.32 Å². The number of hydrogen-bond acceptors (Lipinski definition) is 4. The third-order valence-electron chi connectivity index (χ3n) is 4.41. The van der Waals surface area contributed by atoms with Crippen LogP contribution in [-0.2, 0) is 19.9 Å². The Bertz CT molecular complexity index is 842. The molecule has 2 aromatic carbocycles. The van der Waals surface area contributed by atoms with Crippen LogP contribution < -0.4 is 10.2 Å². The lowest BCUT2D eigenvalue weighted by molar-refractivity contribution is -0.137. The summed E-state index contributed by atoms with van der Waals surface area (Å²) >= 11 is 0. The number of cyclic esters (lactones) is 1. The van der Waals surface area contributed by atoms with Crippen molar-refractivity contribution < 1.29 is 23.5 Å². The maximum Gasteiger partial charge on any atom is 0.414 e. The summed E-state index contributed by atoms with van der Waals surface area (Å²) in [7, 11) is 1.35. The topological polar surface area (TPSA) is 67.9 Å². The number of ether oxygens (including phenoxy) is 2. The summed E-state index contributed by atoms with van der Waals surface area (Å²) in [5.41, 5.74) is -0.296. The number of hydrogen-bond donors (Lipinski definition) is 1. The van der Waals surface area contributed by atoms with Crippen molar-refractivity contribution in [1.82, 2.24) is 0 Å². The predicted octanol–water partition coefficient (Wildman–Crippen LogP) is 3.28. The van der Waals surface area contributed by atoms with Gasteiger partial charge in [-0.1, -0.05) is 24.3 Å². The van der Waals surface area contributed by atoms with Gasteiger partial charge in [-0.05, 0) is 31.2 Å². The lowest BCUT2D eigenvalue weighted by Crippen LogP contribution is -2.40. The molecule has 1 N–H and O–H groups in total. The molecule has 0 radical (unpaired) electrons. The molecule has 6 nitrogen and oxygen atoms in total.